The van der Waals surface area contributed by atoms with E-state index in [1.54, 1.807) is 18.9 Å². The molecule has 1 amide bonds. The van der Waals surface area contributed by atoms with Crippen molar-refractivity contribution in [1.82, 2.24) is 13.8 Å². The van der Waals surface area contributed by atoms with E-state index in [4.69, 9.17) is 16.7 Å². The van der Waals surface area contributed by atoms with Crippen molar-refractivity contribution >= 4 is 50.5 Å². The molecule has 0 bridgehead atoms. The van der Waals surface area contributed by atoms with Gasteiger partial charge in [-0.3, -0.25) is 9.59 Å². The molecule has 224 valence electrons. The number of ketones is 1. The quantitative estimate of drug-likeness (QED) is 0.237. The van der Waals surface area contributed by atoms with Gasteiger partial charge in [-0.15, -0.1) is 0 Å². The van der Waals surface area contributed by atoms with Crippen molar-refractivity contribution in [2.45, 2.75) is 64.3 Å². The maximum absolute atomic E-state index is 13.9. The minimum absolute atomic E-state index is 0.00314. The topological polar surface area (TPSA) is 106 Å². The summed E-state index contributed by atoms with van der Waals surface area (Å²) < 4.78 is 26.3. The van der Waals surface area contributed by atoms with Gasteiger partial charge in [-0.2, -0.15) is 12.7 Å². The zero-order valence-corrected chi connectivity index (χ0v) is 26.1. The molecule has 1 aliphatic heterocycles. The van der Waals surface area contributed by atoms with E-state index in [2.05, 4.69) is 10.6 Å². The Balaban J connectivity index is 1.55. The Morgan fingerprint density at radius 1 is 1.02 bits per heavy atom. The summed E-state index contributed by atoms with van der Waals surface area (Å²) >= 11 is 6.57. The van der Waals surface area contributed by atoms with E-state index in [9.17, 15) is 18.0 Å². The number of aromatic nitrogens is 1. The Bertz CT molecular complexity index is 1670. The second kappa shape index (κ2) is 12.3. The van der Waals surface area contributed by atoms with Crippen LogP contribution in [0, 0.1) is 0 Å². The lowest BCUT2D eigenvalue weighted by molar-refractivity contribution is -0.126. The third kappa shape index (κ3) is 6.20. The number of carbonyl (C=O) groups excluding carboxylic acids is 2. The van der Waals surface area contributed by atoms with Crippen LogP contribution in [0.15, 0.2) is 42.0 Å². The van der Waals surface area contributed by atoms with Gasteiger partial charge in [0.2, 0.25) is 0 Å². The molecule has 2 N–H and O–H groups in total. The first-order valence-corrected chi connectivity index (χ1v) is 16.5. The molecule has 0 radical (unpaired) electrons. The van der Waals surface area contributed by atoms with Crippen molar-refractivity contribution in [2.75, 3.05) is 27.2 Å². The molecule has 2 heterocycles. The van der Waals surface area contributed by atoms with Crippen LogP contribution >= 0.6 is 11.6 Å². The number of fused-ring (bicyclic) bond motifs is 5. The van der Waals surface area contributed by atoms with Crippen LogP contribution in [0.5, 0.6) is 0 Å². The molecule has 0 atom stereocenters. The van der Waals surface area contributed by atoms with Gasteiger partial charge in [0.1, 0.15) is 0 Å². The molecule has 0 unspecified atom stereocenters. The summed E-state index contributed by atoms with van der Waals surface area (Å²) in [5.41, 5.74) is 6.56. The van der Waals surface area contributed by atoms with E-state index in [1.165, 1.54) is 31.9 Å². The Kier molecular flexibility index (Phi) is 8.94. The summed E-state index contributed by atoms with van der Waals surface area (Å²) in [4.78, 5) is 28.0. The van der Waals surface area contributed by atoms with Gasteiger partial charge < -0.3 is 9.47 Å². The van der Waals surface area contributed by atoms with E-state index < -0.39 is 10.2 Å². The van der Waals surface area contributed by atoms with Crippen LogP contribution in [0.25, 0.3) is 28.2 Å². The highest BCUT2D eigenvalue weighted by Crippen LogP contribution is 2.47. The van der Waals surface area contributed by atoms with Gasteiger partial charge in [-0.1, -0.05) is 49.1 Å². The Morgan fingerprint density at radius 2 is 1.74 bits per heavy atom. The molecule has 1 aromatic heterocycles. The van der Waals surface area contributed by atoms with Crippen molar-refractivity contribution in [3.63, 3.8) is 0 Å². The first kappa shape index (κ1) is 30.5. The van der Waals surface area contributed by atoms with E-state index in [1.807, 2.05) is 36.4 Å². The molecule has 0 saturated heterocycles. The molecule has 42 heavy (non-hydrogen) atoms. The van der Waals surface area contributed by atoms with Crippen LogP contribution in [0.1, 0.15) is 79.3 Å². The summed E-state index contributed by atoms with van der Waals surface area (Å²) in [5, 5.41) is 6.95. The number of nitrogens with two attached hydrogens (primary N) is 1. The third-order valence-electron chi connectivity index (χ3n) is 8.72. The highest BCUT2D eigenvalue weighted by Gasteiger charge is 2.31. The first-order chi connectivity index (χ1) is 20.0. The molecule has 8 nitrogen and oxygen atoms in total. The van der Waals surface area contributed by atoms with Gasteiger partial charge in [0.05, 0.1) is 12.2 Å². The summed E-state index contributed by atoms with van der Waals surface area (Å²) in [6.45, 7) is 2.71. The predicted molar refractivity (Wildman–Crippen MR) is 169 cm³/mol. The first-order valence-electron chi connectivity index (χ1n) is 14.6. The van der Waals surface area contributed by atoms with Gasteiger partial charge in [-0.25, -0.2) is 5.14 Å². The fraction of sp³-hybridized carbons (Fsp3) is 0.438. The van der Waals surface area contributed by atoms with E-state index in [-0.39, 0.29) is 11.7 Å². The number of amides is 1. The Hall–Kier alpha value is -2.98. The molecule has 1 fully saturated rings. The van der Waals surface area contributed by atoms with Gasteiger partial charge in [0.15, 0.2) is 5.78 Å². The highest BCUT2D eigenvalue weighted by molar-refractivity contribution is 7.86. The van der Waals surface area contributed by atoms with Gasteiger partial charge in [0.25, 0.3) is 16.1 Å². The third-order valence-corrected chi connectivity index (χ3v) is 10.0. The second-order valence-electron chi connectivity index (χ2n) is 11.7. The van der Waals surface area contributed by atoms with Gasteiger partial charge in [-0.05, 0) is 73.9 Å². The van der Waals surface area contributed by atoms with Crippen molar-refractivity contribution < 1.29 is 18.0 Å². The molecular weight excluding hydrogens is 572 g/mol. The SMILES string of the molecule is CC(=O)c1ccc2c(C3CCCCC3)c3n(c2c1)CC(C(=O)N(C)CCCCN(C)S(N)(=O)=O)=Cc1ccc(Cl)cc1-3. The van der Waals surface area contributed by atoms with Crippen molar-refractivity contribution in [2.24, 2.45) is 5.14 Å². The number of rotatable bonds is 9. The smallest absolute Gasteiger partial charge is 0.276 e. The number of benzene rings is 2. The minimum Gasteiger partial charge on any atom is -0.342 e. The summed E-state index contributed by atoms with van der Waals surface area (Å²) in [6.07, 6.45) is 9.01. The molecule has 2 aliphatic rings. The average molecular weight is 611 g/mol. The predicted octanol–water partition coefficient (Wildman–Crippen LogP) is 5.98. The highest BCUT2D eigenvalue weighted by atomic mass is 35.5. The Morgan fingerprint density at radius 3 is 2.43 bits per heavy atom. The molecule has 10 heteroatoms. The number of unbranched alkanes of at least 4 members (excludes halogenated alkanes) is 1. The monoisotopic (exact) mass is 610 g/mol. The van der Waals surface area contributed by atoms with E-state index >= 15 is 0 Å². The van der Waals surface area contributed by atoms with Gasteiger partial charge in [0, 0.05) is 59.8 Å². The number of hydrogen-bond donors (Lipinski definition) is 1. The summed E-state index contributed by atoms with van der Waals surface area (Å²) in [5.74, 6) is 0.304. The zero-order valence-electron chi connectivity index (χ0n) is 24.5. The molecular formula is C32H39ClN4O4S. The fourth-order valence-electron chi connectivity index (χ4n) is 6.40. The molecule has 1 saturated carbocycles. The lowest BCUT2D eigenvalue weighted by atomic mass is 9.81. The van der Waals surface area contributed by atoms with Crippen molar-refractivity contribution in [1.29, 1.82) is 0 Å². The zero-order chi connectivity index (χ0) is 30.2. The number of likely N-dealkylation sites (N-methyl/N-ethyl adjacent to an activating group) is 1. The number of hydrogen-bond acceptors (Lipinski definition) is 4. The largest absolute Gasteiger partial charge is 0.342 e. The van der Waals surface area contributed by atoms with Crippen LogP contribution in [0.3, 0.4) is 0 Å². The van der Waals surface area contributed by atoms with Crippen LogP contribution < -0.4 is 5.14 Å². The van der Waals surface area contributed by atoms with E-state index in [0.29, 0.717) is 54.6 Å². The molecule has 0 spiro atoms. The number of nitrogens with zero attached hydrogens (tertiary/aromatic N) is 3. The van der Waals surface area contributed by atoms with E-state index in [0.717, 1.165) is 44.9 Å². The Labute approximate surface area is 253 Å². The van der Waals surface area contributed by atoms with Crippen LogP contribution in [0.2, 0.25) is 5.02 Å². The van der Waals surface area contributed by atoms with Crippen molar-refractivity contribution in [3.05, 3.63) is 63.7 Å². The normalized spacial score (nSPS) is 15.7. The number of carbonyl (C=O) groups is 2. The second-order valence-corrected chi connectivity index (χ2v) is 13.8. The molecule has 2 aromatic carbocycles. The van der Waals surface area contributed by atoms with Crippen LogP contribution in [0.4, 0.5) is 0 Å². The van der Waals surface area contributed by atoms with Crippen LogP contribution in [-0.2, 0) is 21.5 Å². The van der Waals surface area contributed by atoms with Gasteiger partial charge >= 0.3 is 0 Å². The van der Waals surface area contributed by atoms with Crippen molar-refractivity contribution in [3.8, 4) is 11.3 Å². The standard InChI is InChI=1S/C32H39ClN4O4S/c1-21(38)23-12-14-27-29(18-23)37-20-25(32(39)35(2)15-7-8-16-36(3)42(34,40)41)17-24-11-13-26(33)19-28(24)31(37)30(27)22-9-5-4-6-10-22/h11-14,17-19,22H,4-10,15-16,20H2,1-3H3,(H2,34,40,41). The molecule has 3 aromatic rings. The maximum Gasteiger partial charge on any atom is 0.276 e. The minimum atomic E-state index is -3.72. The summed E-state index contributed by atoms with van der Waals surface area (Å²) in [7, 11) is -0.503. The lowest BCUT2D eigenvalue weighted by Gasteiger charge is -2.24. The average Bonchev–Trinajstić information content (AvgIpc) is 3.18. The maximum atomic E-state index is 13.9. The lowest BCUT2D eigenvalue weighted by Crippen LogP contribution is -2.34. The number of halogens is 1. The number of Topliss-reactive ketones (excluding diaryl/α,β-unsaturated/α-hetero) is 1. The fourth-order valence-corrected chi connectivity index (χ4v) is 6.96. The molecule has 5 rings (SSSR count). The summed E-state index contributed by atoms with van der Waals surface area (Å²) in [6, 6.07) is 11.8. The molecule has 1 aliphatic carbocycles. The van der Waals surface area contributed by atoms with Crippen LogP contribution in [-0.4, -0.2) is 61.1 Å².